The van der Waals surface area contributed by atoms with E-state index in [-0.39, 0.29) is 12.0 Å². The average molecular weight is 443 g/mol. The van der Waals surface area contributed by atoms with Crippen molar-refractivity contribution in [3.63, 3.8) is 0 Å². The normalized spacial score (nSPS) is 15.7. The second kappa shape index (κ2) is 9.05. The Balaban J connectivity index is 1.41. The molecule has 1 atom stereocenters. The van der Waals surface area contributed by atoms with Crippen molar-refractivity contribution < 1.29 is 9.63 Å². The van der Waals surface area contributed by atoms with Gasteiger partial charge in [0.25, 0.3) is 5.91 Å². The van der Waals surface area contributed by atoms with Gasteiger partial charge < -0.3 is 5.32 Å². The van der Waals surface area contributed by atoms with Gasteiger partial charge >= 0.3 is 0 Å². The number of carbonyl (C=O) groups excluding carboxylic acids is 1. The van der Waals surface area contributed by atoms with Crippen LogP contribution in [0.4, 0.5) is 0 Å². The molecule has 4 nitrogen and oxygen atoms in total. The van der Waals surface area contributed by atoms with Gasteiger partial charge in [-0.1, -0.05) is 54.1 Å². The molecule has 4 rings (SSSR count). The van der Waals surface area contributed by atoms with Crippen molar-refractivity contribution in [3.05, 3.63) is 81.5 Å². The number of halogens is 1. The molecule has 7 heteroatoms. The standard InChI is InChI=1S/C22H19ClN2O2S2/c1-28-19-5-3-2-4-17(19)14-6-8-15(9-7-14)18-12-16(27-25-18)13-24-22(26)20-10-11-21(23)29-20/h2-12,16,25H,13H2,1H3,(H,24,26). The van der Waals surface area contributed by atoms with Crippen molar-refractivity contribution in [2.24, 2.45) is 0 Å². The third-order valence-electron chi connectivity index (χ3n) is 4.55. The van der Waals surface area contributed by atoms with Crippen molar-refractivity contribution in [2.45, 2.75) is 11.0 Å². The van der Waals surface area contributed by atoms with Crippen LogP contribution >= 0.6 is 34.7 Å². The quantitative estimate of drug-likeness (QED) is 0.497. The van der Waals surface area contributed by atoms with E-state index in [1.807, 2.05) is 6.08 Å². The van der Waals surface area contributed by atoms with Crippen LogP contribution in [0.2, 0.25) is 4.34 Å². The molecule has 0 saturated heterocycles. The number of amides is 1. The molecule has 2 N–H and O–H groups in total. The third-order valence-corrected chi connectivity index (χ3v) is 6.57. The number of hydroxylamine groups is 1. The number of hydrogen-bond donors (Lipinski definition) is 2. The van der Waals surface area contributed by atoms with Gasteiger partial charge in [0, 0.05) is 4.90 Å². The largest absolute Gasteiger partial charge is 0.348 e. The number of hydrogen-bond acceptors (Lipinski definition) is 5. The van der Waals surface area contributed by atoms with Gasteiger partial charge in [0.2, 0.25) is 0 Å². The summed E-state index contributed by atoms with van der Waals surface area (Å²) in [5, 5.41) is 2.87. The number of carbonyl (C=O) groups is 1. The Morgan fingerprint density at radius 1 is 1.14 bits per heavy atom. The fourth-order valence-corrected chi connectivity index (χ4v) is 4.66. The summed E-state index contributed by atoms with van der Waals surface area (Å²) in [6.45, 7) is 0.379. The van der Waals surface area contributed by atoms with E-state index in [1.54, 1.807) is 23.9 Å². The Bertz CT molecular complexity index is 1050. The molecule has 0 spiro atoms. The first kappa shape index (κ1) is 20.0. The molecule has 29 heavy (non-hydrogen) atoms. The van der Waals surface area contributed by atoms with E-state index in [0.717, 1.165) is 11.3 Å². The predicted octanol–water partition coefficient (Wildman–Crippen LogP) is 5.46. The summed E-state index contributed by atoms with van der Waals surface area (Å²) in [7, 11) is 0. The Kier molecular flexibility index (Phi) is 6.25. The van der Waals surface area contributed by atoms with Gasteiger partial charge in [-0.25, -0.2) is 0 Å². The van der Waals surface area contributed by atoms with Crippen LogP contribution in [-0.4, -0.2) is 24.8 Å². The molecule has 3 aromatic rings. The van der Waals surface area contributed by atoms with E-state index in [4.69, 9.17) is 16.4 Å². The van der Waals surface area contributed by atoms with Crippen LogP contribution in [0.15, 0.2) is 71.6 Å². The third kappa shape index (κ3) is 4.67. The molecule has 2 heterocycles. The monoisotopic (exact) mass is 442 g/mol. The Morgan fingerprint density at radius 3 is 2.62 bits per heavy atom. The summed E-state index contributed by atoms with van der Waals surface area (Å²) in [5.41, 5.74) is 7.30. The Labute approximate surface area is 182 Å². The molecule has 0 fully saturated rings. The summed E-state index contributed by atoms with van der Waals surface area (Å²) < 4.78 is 0.597. The SMILES string of the molecule is CSc1ccccc1-c1ccc(C2=CC(CNC(=O)c3ccc(Cl)s3)ON2)cc1. The van der Waals surface area contributed by atoms with Crippen LogP contribution in [0.25, 0.3) is 16.8 Å². The Hall–Kier alpha value is -2.25. The summed E-state index contributed by atoms with van der Waals surface area (Å²) in [5.74, 6) is -0.149. The van der Waals surface area contributed by atoms with Crippen molar-refractivity contribution in [1.29, 1.82) is 0 Å². The van der Waals surface area contributed by atoms with Crippen molar-refractivity contribution in [2.75, 3.05) is 12.8 Å². The minimum Gasteiger partial charge on any atom is -0.348 e. The van der Waals surface area contributed by atoms with Crippen LogP contribution in [0.3, 0.4) is 0 Å². The highest BCUT2D eigenvalue weighted by Gasteiger charge is 2.19. The maximum absolute atomic E-state index is 12.1. The molecule has 1 aliphatic rings. The summed E-state index contributed by atoms with van der Waals surface area (Å²) in [4.78, 5) is 19.6. The molecule has 0 aliphatic carbocycles. The lowest BCUT2D eigenvalue weighted by Crippen LogP contribution is -2.31. The zero-order valence-electron chi connectivity index (χ0n) is 15.6. The Morgan fingerprint density at radius 2 is 1.90 bits per heavy atom. The first-order chi connectivity index (χ1) is 14.1. The lowest BCUT2D eigenvalue weighted by atomic mass is 10.0. The molecule has 0 saturated carbocycles. The van der Waals surface area contributed by atoms with Crippen molar-refractivity contribution in [1.82, 2.24) is 10.8 Å². The van der Waals surface area contributed by atoms with E-state index in [2.05, 4.69) is 65.6 Å². The van der Waals surface area contributed by atoms with Crippen LogP contribution in [0.5, 0.6) is 0 Å². The number of rotatable bonds is 6. The number of benzene rings is 2. The van der Waals surface area contributed by atoms with Crippen molar-refractivity contribution in [3.8, 4) is 11.1 Å². The second-order valence-corrected chi connectivity index (χ2v) is 8.99. The number of nitrogens with one attached hydrogen (secondary N) is 2. The van der Waals surface area contributed by atoms with Crippen LogP contribution in [0.1, 0.15) is 15.2 Å². The maximum atomic E-state index is 12.1. The van der Waals surface area contributed by atoms with Crippen LogP contribution in [-0.2, 0) is 4.84 Å². The van der Waals surface area contributed by atoms with E-state index in [0.29, 0.717) is 15.8 Å². The fourth-order valence-electron chi connectivity index (χ4n) is 3.08. The molecule has 148 valence electrons. The first-order valence-electron chi connectivity index (χ1n) is 9.05. The molecule has 1 amide bonds. The van der Waals surface area contributed by atoms with Gasteiger partial charge in [-0.2, -0.15) is 0 Å². The van der Waals surface area contributed by atoms with E-state index in [1.165, 1.54) is 27.4 Å². The molecular formula is C22H19ClN2O2S2. The second-order valence-electron chi connectivity index (χ2n) is 6.43. The van der Waals surface area contributed by atoms with Gasteiger partial charge in [0.15, 0.2) is 0 Å². The van der Waals surface area contributed by atoms with E-state index >= 15 is 0 Å². The lowest BCUT2D eigenvalue weighted by molar-refractivity contribution is 0.0499. The predicted molar refractivity (Wildman–Crippen MR) is 121 cm³/mol. The topological polar surface area (TPSA) is 50.4 Å². The minimum absolute atomic E-state index is 0.149. The maximum Gasteiger partial charge on any atom is 0.261 e. The highest BCUT2D eigenvalue weighted by Crippen LogP contribution is 2.31. The smallest absolute Gasteiger partial charge is 0.261 e. The zero-order chi connectivity index (χ0) is 20.2. The first-order valence-corrected chi connectivity index (χ1v) is 11.5. The molecule has 2 aromatic carbocycles. The van der Waals surface area contributed by atoms with E-state index in [9.17, 15) is 4.79 Å². The van der Waals surface area contributed by atoms with Crippen LogP contribution < -0.4 is 10.8 Å². The fraction of sp³-hybridized carbons (Fsp3) is 0.136. The average Bonchev–Trinajstić information content (AvgIpc) is 3.41. The molecule has 0 radical (unpaired) electrons. The van der Waals surface area contributed by atoms with Crippen LogP contribution in [0, 0.1) is 0 Å². The lowest BCUT2D eigenvalue weighted by Gasteiger charge is -2.09. The van der Waals surface area contributed by atoms with Gasteiger partial charge in [0.05, 0.1) is 21.5 Å². The van der Waals surface area contributed by atoms with E-state index < -0.39 is 0 Å². The number of thiophene rings is 1. The molecule has 1 aliphatic heterocycles. The molecule has 0 bridgehead atoms. The van der Waals surface area contributed by atoms with Gasteiger partial charge in [0.1, 0.15) is 6.10 Å². The molecular weight excluding hydrogens is 424 g/mol. The highest BCUT2D eigenvalue weighted by atomic mass is 35.5. The molecule has 1 aromatic heterocycles. The summed E-state index contributed by atoms with van der Waals surface area (Å²) in [6.07, 6.45) is 3.83. The van der Waals surface area contributed by atoms with Gasteiger partial charge in [-0.05, 0) is 47.2 Å². The van der Waals surface area contributed by atoms with Crippen molar-refractivity contribution >= 4 is 46.3 Å². The van der Waals surface area contributed by atoms with Gasteiger partial charge in [-0.15, -0.1) is 23.1 Å². The minimum atomic E-state index is -0.235. The summed E-state index contributed by atoms with van der Waals surface area (Å²) >= 11 is 8.88. The zero-order valence-corrected chi connectivity index (χ0v) is 18.0. The highest BCUT2D eigenvalue weighted by molar-refractivity contribution is 7.98. The summed E-state index contributed by atoms with van der Waals surface area (Å²) in [6, 6.07) is 20.2. The number of thioether (sulfide) groups is 1. The van der Waals surface area contributed by atoms with Gasteiger partial charge in [-0.3, -0.25) is 15.1 Å². The molecule has 1 unspecified atom stereocenters.